The Morgan fingerprint density at radius 3 is 2.62 bits per heavy atom. The molecule has 0 heterocycles. The summed E-state index contributed by atoms with van der Waals surface area (Å²) in [5.74, 6) is -0.851. The van der Waals surface area contributed by atoms with E-state index in [-0.39, 0.29) is 11.4 Å². The third-order valence-electron chi connectivity index (χ3n) is 2.93. The summed E-state index contributed by atoms with van der Waals surface area (Å²) in [4.78, 5) is -0.349. The molecule has 2 aromatic carbocycles. The highest BCUT2D eigenvalue weighted by molar-refractivity contribution is 7.89. The number of nitrogens with zero attached hydrogens (tertiary/aromatic N) is 1. The molecule has 4 nitrogen and oxygen atoms in total. The van der Waals surface area contributed by atoms with E-state index in [0.717, 1.165) is 17.2 Å². The van der Waals surface area contributed by atoms with Crippen molar-refractivity contribution >= 4 is 10.0 Å². The highest BCUT2D eigenvalue weighted by Gasteiger charge is 2.20. The van der Waals surface area contributed by atoms with Gasteiger partial charge in [0.1, 0.15) is 22.3 Å². The van der Waals surface area contributed by atoms with E-state index in [1.54, 1.807) is 12.1 Å². The van der Waals surface area contributed by atoms with Crippen LogP contribution in [0.2, 0.25) is 0 Å². The molecule has 2 rings (SSSR count). The molecule has 108 valence electrons. The maximum Gasteiger partial charge on any atom is 0.242 e. The van der Waals surface area contributed by atoms with E-state index in [1.165, 1.54) is 12.1 Å². The summed E-state index contributed by atoms with van der Waals surface area (Å²) in [6.45, 7) is 1.98. The molecule has 0 aromatic heterocycles. The molecule has 6 heteroatoms. The standard InChI is InChI=1S/C15H13FN2O2S/c1-11-4-2-5-12(8-11)10-18-21(19,20)15-7-3-6-14(16)13(15)9-17/h2-8,18H,10H2,1H3. The van der Waals surface area contributed by atoms with Crippen molar-refractivity contribution in [2.45, 2.75) is 18.4 Å². The van der Waals surface area contributed by atoms with Gasteiger partial charge in [0.15, 0.2) is 0 Å². The number of nitrogens with one attached hydrogen (secondary N) is 1. The lowest BCUT2D eigenvalue weighted by Gasteiger charge is -2.09. The third-order valence-corrected chi connectivity index (χ3v) is 4.37. The van der Waals surface area contributed by atoms with Crippen LogP contribution in [-0.2, 0) is 16.6 Å². The lowest BCUT2D eigenvalue weighted by atomic mass is 10.1. The molecule has 0 atom stereocenters. The van der Waals surface area contributed by atoms with E-state index in [1.807, 2.05) is 25.1 Å². The summed E-state index contributed by atoms with van der Waals surface area (Å²) in [5, 5.41) is 8.90. The van der Waals surface area contributed by atoms with Crippen LogP contribution in [0.25, 0.3) is 0 Å². The highest BCUT2D eigenvalue weighted by atomic mass is 32.2. The van der Waals surface area contributed by atoms with Crippen LogP contribution in [0.4, 0.5) is 4.39 Å². The zero-order valence-electron chi connectivity index (χ0n) is 11.3. The number of aryl methyl sites for hydroxylation is 1. The van der Waals surface area contributed by atoms with Crippen LogP contribution in [-0.4, -0.2) is 8.42 Å². The Balaban J connectivity index is 2.28. The predicted octanol–water partition coefficient (Wildman–Crippen LogP) is 2.48. The van der Waals surface area contributed by atoms with Crippen molar-refractivity contribution in [3.63, 3.8) is 0 Å². The number of benzene rings is 2. The van der Waals surface area contributed by atoms with Crippen molar-refractivity contribution in [1.29, 1.82) is 5.26 Å². The molecule has 2 aromatic rings. The molecule has 0 spiro atoms. The van der Waals surface area contributed by atoms with Gasteiger partial charge in [-0.3, -0.25) is 0 Å². The smallest absolute Gasteiger partial charge is 0.207 e. The van der Waals surface area contributed by atoms with Gasteiger partial charge >= 0.3 is 0 Å². The zero-order valence-corrected chi connectivity index (χ0v) is 12.1. The molecular weight excluding hydrogens is 291 g/mol. The van der Waals surface area contributed by atoms with E-state index in [4.69, 9.17) is 5.26 Å². The van der Waals surface area contributed by atoms with Crippen LogP contribution >= 0.6 is 0 Å². The number of nitriles is 1. The first-order valence-corrected chi connectivity index (χ1v) is 7.66. The van der Waals surface area contributed by atoms with E-state index in [9.17, 15) is 12.8 Å². The van der Waals surface area contributed by atoms with Gasteiger partial charge in [0, 0.05) is 6.54 Å². The van der Waals surface area contributed by atoms with Gasteiger partial charge < -0.3 is 0 Å². The van der Waals surface area contributed by atoms with Gasteiger partial charge in [0.2, 0.25) is 10.0 Å². The van der Waals surface area contributed by atoms with Crippen LogP contribution in [0.3, 0.4) is 0 Å². The Morgan fingerprint density at radius 2 is 1.95 bits per heavy atom. The molecule has 0 amide bonds. The quantitative estimate of drug-likeness (QED) is 0.943. The molecule has 21 heavy (non-hydrogen) atoms. The molecular formula is C15H13FN2O2S. The molecule has 0 aliphatic heterocycles. The van der Waals surface area contributed by atoms with Crippen molar-refractivity contribution in [2.24, 2.45) is 0 Å². The van der Waals surface area contributed by atoms with Gasteiger partial charge in [-0.25, -0.2) is 17.5 Å². The molecule has 0 aliphatic rings. The fourth-order valence-corrected chi connectivity index (χ4v) is 3.10. The van der Waals surface area contributed by atoms with Crippen molar-refractivity contribution in [1.82, 2.24) is 4.72 Å². The number of hydrogen-bond acceptors (Lipinski definition) is 3. The van der Waals surface area contributed by atoms with Crippen LogP contribution in [0.15, 0.2) is 47.4 Å². The highest BCUT2D eigenvalue weighted by Crippen LogP contribution is 2.18. The second-order valence-corrected chi connectivity index (χ2v) is 6.27. The molecule has 0 unspecified atom stereocenters. The number of rotatable bonds is 4. The Kier molecular flexibility index (Phi) is 4.36. The van der Waals surface area contributed by atoms with Gasteiger partial charge in [-0.15, -0.1) is 0 Å². The fourth-order valence-electron chi connectivity index (χ4n) is 1.91. The monoisotopic (exact) mass is 304 g/mol. The van der Waals surface area contributed by atoms with Crippen LogP contribution in [0, 0.1) is 24.1 Å². The average molecular weight is 304 g/mol. The number of halogens is 1. The maximum atomic E-state index is 13.5. The minimum Gasteiger partial charge on any atom is -0.207 e. The molecule has 0 fully saturated rings. The molecule has 0 radical (unpaired) electrons. The van der Waals surface area contributed by atoms with E-state index in [0.29, 0.717) is 0 Å². The van der Waals surface area contributed by atoms with Crippen LogP contribution < -0.4 is 4.72 Å². The summed E-state index contributed by atoms with van der Waals surface area (Å²) in [6, 6.07) is 12.5. The zero-order chi connectivity index (χ0) is 15.5. The minimum absolute atomic E-state index is 0.0748. The van der Waals surface area contributed by atoms with Gasteiger partial charge in [-0.1, -0.05) is 35.9 Å². The second-order valence-electron chi connectivity index (χ2n) is 4.54. The Labute approximate surface area is 122 Å². The SMILES string of the molecule is Cc1cccc(CNS(=O)(=O)c2cccc(F)c2C#N)c1. The predicted molar refractivity (Wildman–Crippen MR) is 76.3 cm³/mol. The number of hydrogen-bond donors (Lipinski definition) is 1. The summed E-state index contributed by atoms with van der Waals surface area (Å²) in [5.41, 5.74) is 1.32. The summed E-state index contributed by atoms with van der Waals surface area (Å²) < 4.78 is 40.2. The van der Waals surface area contributed by atoms with Gasteiger partial charge in [0.05, 0.1) is 0 Å². The fraction of sp³-hybridized carbons (Fsp3) is 0.133. The van der Waals surface area contributed by atoms with Crippen LogP contribution in [0.1, 0.15) is 16.7 Å². The first-order chi connectivity index (χ1) is 9.94. The van der Waals surface area contributed by atoms with Gasteiger partial charge in [-0.2, -0.15) is 5.26 Å². The van der Waals surface area contributed by atoms with Crippen molar-refractivity contribution in [3.8, 4) is 6.07 Å². The van der Waals surface area contributed by atoms with Crippen molar-refractivity contribution < 1.29 is 12.8 Å². The largest absolute Gasteiger partial charge is 0.242 e. The Morgan fingerprint density at radius 1 is 1.24 bits per heavy atom. The molecule has 0 saturated heterocycles. The first kappa shape index (κ1) is 15.2. The van der Waals surface area contributed by atoms with Gasteiger partial charge in [-0.05, 0) is 24.6 Å². The normalized spacial score (nSPS) is 11.1. The van der Waals surface area contributed by atoms with Crippen LogP contribution in [0.5, 0.6) is 0 Å². The molecule has 1 N–H and O–H groups in total. The third kappa shape index (κ3) is 3.45. The van der Waals surface area contributed by atoms with E-state index < -0.39 is 21.4 Å². The first-order valence-electron chi connectivity index (χ1n) is 6.18. The lowest BCUT2D eigenvalue weighted by molar-refractivity contribution is 0.576. The number of sulfonamides is 1. The summed E-state index contributed by atoms with van der Waals surface area (Å²) >= 11 is 0. The topological polar surface area (TPSA) is 70.0 Å². The average Bonchev–Trinajstić information content (AvgIpc) is 2.45. The minimum atomic E-state index is -3.95. The lowest BCUT2D eigenvalue weighted by Crippen LogP contribution is -2.24. The van der Waals surface area contributed by atoms with E-state index in [2.05, 4.69) is 4.72 Å². The summed E-state index contributed by atoms with van der Waals surface area (Å²) in [7, 11) is -3.95. The van der Waals surface area contributed by atoms with E-state index >= 15 is 0 Å². The van der Waals surface area contributed by atoms with Crippen molar-refractivity contribution in [2.75, 3.05) is 0 Å². The van der Waals surface area contributed by atoms with Gasteiger partial charge in [0.25, 0.3) is 0 Å². The summed E-state index contributed by atoms with van der Waals surface area (Å²) in [6.07, 6.45) is 0. The molecule has 0 aliphatic carbocycles. The van der Waals surface area contributed by atoms with Crippen molar-refractivity contribution in [3.05, 3.63) is 65.0 Å². The Bertz CT molecular complexity index is 811. The maximum absolute atomic E-state index is 13.5. The molecule has 0 saturated carbocycles. The Hall–Kier alpha value is -2.23. The second kappa shape index (κ2) is 6.04. The molecule has 0 bridgehead atoms.